The molecule has 0 saturated carbocycles. The number of thioether (sulfide) groups is 1. The smallest absolute Gasteiger partial charge is 0.339 e. The lowest BCUT2D eigenvalue weighted by Crippen LogP contribution is -2.35. The number of hydrogen-bond acceptors (Lipinski definition) is 8. The Morgan fingerprint density at radius 1 is 1.31 bits per heavy atom. The molecule has 0 spiro atoms. The summed E-state index contributed by atoms with van der Waals surface area (Å²) in [6, 6.07) is 4.33. The highest BCUT2D eigenvalue weighted by molar-refractivity contribution is 7.98. The molecule has 0 fully saturated rings. The molecule has 0 atom stereocenters. The van der Waals surface area contributed by atoms with Crippen LogP contribution in [0.2, 0.25) is 0 Å². The van der Waals surface area contributed by atoms with E-state index in [1.54, 1.807) is 10.9 Å². The Labute approximate surface area is 154 Å². The average molecular weight is 399 g/mol. The zero-order valence-corrected chi connectivity index (χ0v) is 15.8. The molecule has 0 aliphatic heterocycles. The predicted octanol–water partition coefficient (Wildman–Crippen LogP) is 1.32. The number of carbonyl (C=O) groups excluding carboxylic acids is 2. The lowest BCUT2D eigenvalue weighted by atomic mass is 10.2. The summed E-state index contributed by atoms with van der Waals surface area (Å²) < 4.78 is 32.8. The van der Waals surface area contributed by atoms with Crippen molar-refractivity contribution in [3.05, 3.63) is 29.8 Å². The summed E-state index contributed by atoms with van der Waals surface area (Å²) in [5.41, 5.74) is -0.187. The van der Waals surface area contributed by atoms with Crippen LogP contribution in [-0.2, 0) is 21.3 Å². The molecule has 2 rings (SSSR count). The molecule has 1 heterocycles. The Bertz CT molecular complexity index is 904. The molecule has 0 unspecified atom stereocenters. The number of hydrogen-bond donors (Lipinski definition) is 2. The van der Waals surface area contributed by atoms with Crippen LogP contribution in [0.15, 0.2) is 34.3 Å². The summed E-state index contributed by atoms with van der Waals surface area (Å²) in [7, 11) is -3.18. The summed E-state index contributed by atoms with van der Waals surface area (Å²) in [6.07, 6.45) is 1.80. The molecule has 1 aromatic heterocycles. The van der Waals surface area contributed by atoms with Crippen molar-refractivity contribution in [2.45, 2.75) is 23.5 Å². The van der Waals surface area contributed by atoms with Crippen LogP contribution >= 0.6 is 11.8 Å². The summed E-state index contributed by atoms with van der Waals surface area (Å²) in [5.74, 6) is -0.871. The molecule has 0 aliphatic carbocycles. The van der Waals surface area contributed by atoms with E-state index in [0.29, 0.717) is 11.7 Å². The number of ether oxygens (including phenoxy) is 1. The third-order valence-corrected chi connectivity index (χ3v) is 5.21. The first-order valence-corrected chi connectivity index (χ1v) is 10.0. The SMILES string of the molecule is CCn1nc(NC(=O)NS(=O)(=O)c2ccccc2C(=O)OC)nc1SC. The number of methoxy groups -OCH3 is 1. The molecule has 10 nitrogen and oxygen atoms in total. The molecule has 12 heteroatoms. The predicted molar refractivity (Wildman–Crippen MR) is 94.6 cm³/mol. The van der Waals surface area contributed by atoms with Crippen molar-refractivity contribution in [3.8, 4) is 0 Å². The molecule has 0 radical (unpaired) electrons. The van der Waals surface area contributed by atoms with E-state index in [-0.39, 0.29) is 16.4 Å². The van der Waals surface area contributed by atoms with Crippen molar-refractivity contribution in [3.63, 3.8) is 0 Å². The highest BCUT2D eigenvalue weighted by atomic mass is 32.2. The van der Waals surface area contributed by atoms with Crippen molar-refractivity contribution < 1.29 is 22.7 Å². The van der Waals surface area contributed by atoms with Gasteiger partial charge in [-0.25, -0.2) is 27.4 Å². The minimum Gasteiger partial charge on any atom is -0.465 e. The minimum absolute atomic E-state index is 0.0369. The maximum Gasteiger partial charge on any atom is 0.339 e. The van der Waals surface area contributed by atoms with Crippen molar-refractivity contribution in [1.82, 2.24) is 19.5 Å². The molecule has 0 bridgehead atoms. The number of nitrogens with zero attached hydrogens (tertiary/aromatic N) is 3. The fourth-order valence-electron chi connectivity index (χ4n) is 2.02. The molecule has 2 aromatic rings. The topological polar surface area (TPSA) is 132 Å². The molecular formula is C14H17N5O5S2. The number of nitrogens with one attached hydrogen (secondary N) is 2. The van der Waals surface area contributed by atoms with Crippen LogP contribution in [0.4, 0.5) is 10.7 Å². The Balaban J connectivity index is 2.21. The van der Waals surface area contributed by atoms with Gasteiger partial charge in [-0.15, -0.1) is 5.10 Å². The Morgan fingerprint density at radius 2 is 2.00 bits per heavy atom. The average Bonchev–Trinajstić information content (AvgIpc) is 3.02. The number of carbonyl (C=O) groups is 2. The number of esters is 1. The third-order valence-electron chi connectivity index (χ3n) is 3.15. The van der Waals surface area contributed by atoms with Crippen LogP contribution < -0.4 is 10.0 Å². The molecule has 0 saturated heterocycles. The standard InChI is InChI=1S/C14H17N5O5S2/c1-4-19-14(25-3)16-12(17-19)15-13(21)18-26(22,23)10-8-6-5-7-9(10)11(20)24-2/h5-8H,4H2,1-3H3,(H2,15,17,18,21). The molecule has 140 valence electrons. The number of aryl methyl sites for hydroxylation is 1. The van der Waals surface area contributed by atoms with Crippen LogP contribution in [-0.4, -0.2) is 48.5 Å². The second-order valence-electron chi connectivity index (χ2n) is 4.79. The van der Waals surface area contributed by atoms with Crippen LogP contribution in [0.3, 0.4) is 0 Å². The van der Waals surface area contributed by atoms with Crippen LogP contribution in [0.1, 0.15) is 17.3 Å². The Kier molecular flexibility index (Phi) is 6.21. The summed E-state index contributed by atoms with van der Waals surface area (Å²) in [5, 5.41) is 6.87. The van der Waals surface area contributed by atoms with Crippen LogP contribution in [0.25, 0.3) is 0 Å². The zero-order valence-electron chi connectivity index (χ0n) is 14.2. The van der Waals surface area contributed by atoms with E-state index in [2.05, 4.69) is 20.1 Å². The van der Waals surface area contributed by atoms with Gasteiger partial charge in [-0.3, -0.25) is 5.32 Å². The largest absolute Gasteiger partial charge is 0.465 e. The van der Waals surface area contributed by atoms with Gasteiger partial charge in [0.2, 0.25) is 0 Å². The number of benzene rings is 1. The lowest BCUT2D eigenvalue weighted by molar-refractivity contribution is 0.0596. The summed E-state index contributed by atoms with van der Waals surface area (Å²) in [6.45, 7) is 2.39. The quantitative estimate of drug-likeness (QED) is 0.549. The van der Waals surface area contributed by atoms with E-state index in [0.717, 1.165) is 7.11 Å². The number of urea groups is 1. The van der Waals surface area contributed by atoms with E-state index in [1.807, 2.05) is 11.6 Å². The molecular weight excluding hydrogens is 382 g/mol. The maximum atomic E-state index is 12.4. The van der Waals surface area contributed by atoms with Gasteiger partial charge in [-0.2, -0.15) is 4.98 Å². The van der Waals surface area contributed by atoms with Gasteiger partial charge in [0.1, 0.15) is 4.90 Å². The third kappa shape index (κ3) is 4.32. The van der Waals surface area contributed by atoms with Gasteiger partial charge in [0, 0.05) is 6.54 Å². The molecule has 26 heavy (non-hydrogen) atoms. The molecule has 1 aromatic carbocycles. The first-order valence-electron chi connectivity index (χ1n) is 7.32. The van der Waals surface area contributed by atoms with Gasteiger partial charge in [0.25, 0.3) is 16.0 Å². The fourth-order valence-corrected chi connectivity index (χ4v) is 3.68. The Morgan fingerprint density at radius 3 is 2.58 bits per heavy atom. The summed E-state index contributed by atoms with van der Waals surface area (Å²) in [4.78, 5) is 27.5. The van der Waals surface area contributed by atoms with Crippen LogP contribution in [0, 0.1) is 0 Å². The number of aromatic nitrogens is 3. The summed E-state index contributed by atoms with van der Waals surface area (Å²) >= 11 is 1.33. The Hall–Kier alpha value is -2.60. The highest BCUT2D eigenvalue weighted by Gasteiger charge is 2.25. The second kappa shape index (κ2) is 8.19. The van der Waals surface area contributed by atoms with Crippen molar-refractivity contribution in [1.29, 1.82) is 0 Å². The first kappa shape index (κ1) is 19.7. The van der Waals surface area contributed by atoms with Gasteiger partial charge >= 0.3 is 12.0 Å². The highest BCUT2D eigenvalue weighted by Crippen LogP contribution is 2.17. The normalized spacial score (nSPS) is 11.0. The maximum absolute atomic E-state index is 12.4. The van der Waals surface area contributed by atoms with E-state index in [4.69, 9.17) is 0 Å². The van der Waals surface area contributed by atoms with E-state index in [1.165, 1.54) is 36.0 Å². The number of rotatable bonds is 6. The van der Waals surface area contributed by atoms with Crippen molar-refractivity contribution in [2.24, 2.45) is 0 Å². The van der Waals surface area contributed by atoms with Gasteiger partial charge in [-0.05, 0) is 25.3 Å². The van der Waals surface area contributed by atoms with Gasteiger partial charge in [-0.1, -0.05) is 23.9 Å². The molecule has 0 aliphatic rings. The van der Waals surface area contributed by atoms with Crippen LogP contribution in [0.5, 0.6) is 0 Å². The number of sulfonamides is 1. The van der Waals surface area contributed by atoms with Gasteiger partial charge in [0.15, 0.2) is 5.16 Å². The van der Waals surface area contributed by atoms with Gasteiger partial charge < -0.3 is 4.74 Å². The van der Waals surface area contributed by atoms with Gasteiger partial charge in [0.05, 0.1) is 12.7 Å². The first-order chi connectivity index (χ1) is 12.3. The van der Waals surface area contributed by atoms with E-state index >= 15 is 0 Å². The zero-order chi connectivity index (χ0) is 19.3. The van der Waals surface area contributed by atoms with Crippen molar-refractivity contribution >= 4 is 39.7 Å². The number of anilines is 1. The lowest BCUT2D eigenvalue weighted by Gasteiger charge is -2.10. The fraction of sp³-hybridized carbons (Fsp3) is 0.286. The number of amides is 2. The monoisotopic (exact) mass is 399 g/mol. The molecule has 2 N–H and O–H groups in total. The van der Waals surface area contributed by atoms with Crippen molar-refractivity contribution in [2.75, 3.05) is 18.7 Å². The second-order valence-corrected chi connectivity index (χ2v) is 7.21. The molecule has 2 amide bonds. The van der Waals surface area contributed by atoms with E-state index < -0.39 is 22.0 Å². The van der Waals surface area contributed by atoms with E-state index in [9.17, 15) is 18.0 Å². The minimum atomic E-state index is -4.31.